The van der Waals surface area contributed by atoms with Gasteiger partial charge in [0, 0.05) is 42.5 Å². The van der Waals surface area contributed by atoms with Crippen LogP contribution in [0.25, 0.3) is 22.2 Å². The number of non-ortho nitro benzene ring substituents is 1. The third-order valence-electron chi connectivity index (χ3n) is 5.19. The quantitative estimate of drug-likeness (QED) is 0.276. The Balaban J connectivity index is 1.53. The molecular formula is C25H18N6O4. The van der Waals surface area contributed by atoms with E-state index in [0.29, 0.717) is 27.9 Å². The molecule has 1 N–H and O–H groups in total. The minimum Gasteiger partial charge on any atom is -0.455 e. The van der Waals surface area contributed by atoms with Gasteiger partial charge in [-0.05, 0) is 24.3 Å². The van der Waals surface area contributed by atoms with Crippen LogP contribution < -0.4 is 10.1 Å². The zero-order chi connectivity index (χ0) is 24.4. The molecule has 10 nitrogen and oxygen atoms in total. The van der Waals surface area contributed by atoms with Crippen LogP contribution >= 0.6 is 0 Å². The minimum absolute atomic E-state index is 0.193. The molecular weight excluding hydrogens is 448 g/mol. The van der Waals surface area contributed by atoms with Gasteiger partial charge in [0.25, 0.3) is 11.6 Å². The molecule has 0 radical (unpaired) electrons. The number of nitrogens with one attached hydrogen (secondary N) is 1. The molecule has 5 rings (SSSR count). The van der Waals surface area contributed by atoms with Crippen molar-refractivity contribution in [3.8, 4) is 22.8 Å². The van der Waals surface area contributed by atoms with Crippen LogP contribution in [0.1, 0.15) is 10.4 Å². The van der Waals surface area contributed by atoms with E-state index in [1.165, 1.54) is 24.4 Å². The molecule has 0 aliphatic heterocycles. The number of carbonyl (C=O) groups is 1. The van der Waals surface area contributed by atoms with E-state index < -0.39 is 10.8 Å². The number of nitro benzene ring substituents is 1. The predicted molar refractivity (Wildman–Crippen MR) is 129 cm³/mol. The van der Waals surface area contributed by atoms with Gasteiger partial charge < -0.3 is 10.1 Å². The molecule has 172 valence electrons. The number of carbonyl (C=O) groups excluding carboxylic acids is 1. The van der Waals surface area contributed by atoms with Gasteiger partial charge in [0.1, 0.15) is 11.5 Å². The maximum atomic E-state index is 13.4. The van der Waals surface area contributed by atoms with Gasteiger partial charge in [-0.2, -0.15) is 5.10 Å². The van der Waals surface area contributed by atoms with Crippen molar-refractivity contribution in [2.24, 2.45) is 7.05 Å². The SMILES string of the molecule is Cn1cc(-c2cc(C(=O)Nc3cc(Oc4cccnc4)cc([N+](=O)[O-])c3)c3ccccc3n2)cn1. The molecule has 0 fully saturated rings. The number of rotatable bonds is 6. The average Bonchev–Trinajstić information content (AvgIpc) is 3.30. The molecule has 35 heavy (non-hydrogen) atoms. The van der Waals surface area contributed by atoms with E-state index in [9.17, 15) is 14.9 Å². The highest BCUT2D eigenvalue weighted by molar-refractivity contribution is 6.13. The van der Waals surface area contributed by atoms with E-state index in [1.54, 1.807) is 54.6 Å². The first kappa shape index (κ1) is 21.7. The number of aryl methyl sites for hydroxylation is 1. The lowest BCUT2D eigenvalue weighted by molar-refractivity contribution is -0.384. The first-order chi connectivity index (χ1) is 17.0. The van der Waals surface area contributed by atoms with E-state index in [0.717, 1.165) is 5.56 Å². The third kappa shape index (κ3) is 4.67. The number of nitro groups is 1. The Morgan fingerprint density at radius 3 is 2.66 bits per heavy atom. The second-order valence-electron chi connectivity index (χ2n) is 7.69. The Bertz CT molecular complexity index is 1570. The largest absolute Gasteiger partial charge is 0.455 e. The predicted octanol–water partition coefficient (Wildman–Crippen LogP) is 4.98. The number of benzene rings is 2. The Hall–Kier alpha value is -5.12. The summed E-state index contributed by atoms with van der Waals surface area (Å²) in [5.74, 6) is 0.159. The summed E-state index contributed by atoms with van der Waals surface area (Å²) in [6, 6.07) is 16.4. The van der Waals surface area contributed by atoms with Crippen molar-refractivity contribution in [3.05, 3.63) is 101 Å². The highest BCUT2D eigenvalue weighted by atomic mass is 16.6. The molecule has 0 spiro atoms. The lowest BCUT2D eigenvalue weighted by atomic mass is 10.0. The van der Waals surface area contributed by atoms with Gasteiger partial charge in [-0.3, -0.25) is 24.6 Å². The van der Waals surface area contributed by atoms with Gasteiger partial charge in [-0.25, -0.2) is 4.98 Å². The molecule has 0 aliphatic carbocycles. The van der Waals surface area contributed by atoms with Crippen molar-refractivity contribution in [1.82, 2.24) is 19.7 Å². The molecule has 0 atom stereocenters. The highest BCUT2D eigenvalue weighted by Gasteiger charge is 2.18. The van der Waals surface area contributed by atoms with Gasteiger partial charge in [0.2, 0.25) is 0 Å². The summed E-state index contributed by atoms with van der Waals surface area (Å²) < 4.78 is 7.36. The molecule has 2 aromatic carbocycles. The summed E-state index contributed by atoms with van der Waals surface area (Å²) in [5, 5.41) is 19.1. The zero-order valence-corrected chi connectivity index (χ0v) is 18.5. The molecule has 0 bridgehead atoms. The fourth-order valence-corrected chi connectivity index (χ4v) is 3.63. The van der Waals surface area contributed by atoms with Crippen LogP contribution in [0.3, 0.4) is 0 Å². The molecule has 0 unspecified atom stereocenters. The van der Waals surface area contributed by atoms with Crippen LogP contribution in [0, 0.1) is 10.1 Å². The maximum absolute atomic E-state index is 13.4. The number of ether oxygens (including phenoxy) is 1. The minimum atomic E-state index is -0.548. The number of amides is 1. The van der Waals surface area contributed by atoms with E-state index in [2.05, 4.69) is 20.4 Å². The molecule has 0 aliphatic rings. The second kappa shape index (κ2) is 9.02. The fraction of sp³-hybridized carbons (Fsp3) is 0.0400. The number of nitrogens with zero attached hydrogens (tertiary/aromatic N) is 5. The standard InChI is InChI=1S/C25H18N6O4/c1-30-15-16(13-27-30)24-12-22(21-6-2-3-7-23(21)29-24)25(32)28-17-9-18(31(33)34)11-20(10-17)35-19-5-4-8-26-14-19/h2-15H,1H3,(H,28,32). The van der Waals surface area contributed by atoms with E-state index >= 15 is 0 Å². The Kier molecular flexibility index (Phi) is 5.60. The van der Waals surface area contributed by atoms with Gasteiger partial charge in [0.05, 0.1) is 45.8 Å². The van der Waals surface area contributed by atoms with Gasteiger partial charge in [-0.15, -0.1) is 0 Å². The Morgan fingerprint density at radius 1 is 1.06 bits per heavy atom. The van der Waals surface area contributed by atoms with Crippen molar-refractivity contribution in [2.45, 2.75) is 0 Å². The molecule has 5 aromatic rings. The monoisotopic (exact) mass is 466 g/mol. The molecule has 0 saturated heterocycles. The van der Waals surface area contributed by atoms with Crippen LogP contribution in [0.5, 0.6) is 11.5 Å². The van der Waals surface area contributed by atoms with Gasteiger partial charge >= 0.3 is 0 Å². The topological polar surface area (TPSA) is 125 Å². The molecule has 1 amide bonds. The summed E-state index contributed by atoms with van der Waals surface area (Å²) >= 11 is 0. The van der Waals surface area contributed by atoms with Crippen molar-refractivity contribution in [3.63, 3.8) is 0 Å². The summed E-state index contributed by atoms with van der Waals surface area (Å²) in [6.45, 7) is 0. The summed E-state index contributed by atoms with van der Waals surface area (Å²) in [6.07, 6.45) is 6.55. The number of hydrogen-bond donors (Lipinski definition) is 1. The van der Waals surface area contributed by atoms with Crippen LogP contribution in [0.15, 0.2) is 85.5 Å². The van der Waals surface area contributed by atoms with E-state index in [1.807, 2.05) is 18.2 Å². The molecule has 0 saturated carbocycles. The molecule has 10 heteroatoms. The number of aromatic nitrogens is 4. The normalized spacial score (nSPS) is 10.8. The second-order valence-corrected chi connectivity index (χ2v) is 7.69. The fourth-order valence-electron chi connectivity index (χ4n) is 3.63. The highest BCUT2D eigenvalue weighted by Crippen LogP contribution is 2.31. The van der Waals surface area contributed by atoms with Gasteiger partial charge in [-0.1, -0.05) is 18.2 Å². The average molecular weight is 466 g/mol. The van der Waals surface area contributed by atoms with E-state index in [-0.39, 0.29) is 17.1 Å². The van der Waals surface area contributed by atoms with Crippen LogP contribution in [0.2, 0.25) is 0 Å². The lowest BCUT2D eigenvalue weighted by Crippen LogP contribution is -2.13. The van der Waals surface area contributed by atoms with Crippen molar-refractivity contribution in [1.29, 1.82) is 0 Å². The zero-order valence-electron chi connectivity index (χ0n) is 18.5. The summed E-state index contributed by atoms with van der Waals surface area (Å²) in [7, 11) is 1.80. The number of anilines is 1. The first-order valence-electron chi connectivity index (χ1n) is 10.5. The van der Waals surface area contributed by atoms with Crippen LogP contribution in [-0.4, -0.2) is 30.6 Å². The molecule has 3 aromatic heterocycles. The lowest BCUT2D eigenvalue weighted by Gasteiger charge is -2.11. The number of hydrogen-bond acceptors (Lipinski definition) is 7. The van der Waals surface area contributed by atoms with Crippen molar-refractivity contribution >= 4 is 28.2 Å². The van der Waals surface area contributed by atoms with Gasteiger partial charge in [0.15, 0.2) is 0 Å². The maximum Gasteiger partial charge on any atom is 0.275 e. The Labute approximate surface area is 199 Å². The number of pyridine rings is 2. The van der Waals surface area contributed by atoms with Crippen molar-refractivity contribution in [2.75, 3.05) is 5.32 Å². The molecule has 3 heterocycles. The van der Waals surface area contributed by atoms with Crippen molar-refractivity contribution < 1.29 is 14.5 Å². The van der Waals surface area contributed by atoms with Crippen LogP contribution in [0.4, 0.5) is 11.4 Å². The summed E-state index contributed by atoms with van der Waals surface area (Å²) in [5.41, 5.74) is 2.34. The Morgan fingerprint density at radius 2 is 1.91 bits per heavy atom. The summed E-state index contributed by atoms with van der Waals surface area (Å²) in [4.78, 5) is 33.0. The first-order valence-corrected chi connectivity index (χ1v) is 10.5. The third-order valence-corrected chi connectivity index (χ3v) is 5.19. The number of para-hydroxylation sites is 1. The van der Waals surface area contributed by atoms with Crippen LogP contribution in [-0.2, 0) is 7.05 Å². The number of fused-ring (bicyclic) bond motifs is 1. The smallest absolute Gasteiger partial charge is 0.275 e. The van der Waals surface area contributed by atoms with E-state index in [4.69, 9.17) is 4.74 Å².